The lowest BCUT2D eigenvalue weighted by molar-refractivity contribution is 0.203. The summed E-state index contributed by atoms with van der Waals surface area (Å²) in [5, 5.41) is 9.09. The lowest BCUT2D eigenvalue weighted by Gasteiger charge is -2.14. The molecule has 1 aromatic rings. The first-order chi connectivity index (χ1) is 6.56. The minimum Gasteiger partial charge on any atom is -0.495 e. The van der Waals surface area contributed by atoms with E-state index in [-0.39, 0.29) is 0 Å². The topological polar surface area (TPSA) is 49.8 Å². The maximum absolute atomic E-state index is 10.6. The van der Waals surface area contributed by atoms with Gasteiger partial charge in [0.05, 0.1) is 12.1 Å². The molecule has 0 aromatic heterocycles. The zero-order valence-corrected chi connectivity index (χ0v) is 8.58. The Bertz CT molecular complexity index is 354. The van der Waals surface area contributed by atoms with Crippen LogP contribution in [0.1, 0.15) is 0 Å². The molecular formula is C9H10ClNO3. The van der Waals surface area contributed by atoms with Crippen LogP contribution in [0.3, 0.4) is 0 Å². The van der Waals surface area contributed by atoms with Crippen molar-refractivity contribution in [3.8, 4) is 5.75 Å². The molecule has 0 fully saturated rings. The van der Waals surface area contributed by atoms with Crippen LogP contribution >= 0.6 is 11.6 Å². The van der Waals surface area contributed by atoms with Gasteiger partial charge in [-0.1, -0.05) is 11.6 Å². The molecule has 0 heterocycles. The molecule has 1 N–H and O–H groups in total. The fourth-order valence-electron chi connectivity index (χ4n) is 0.974. The molecule has 1 amide bonds. The van der Waals surface area contributed by atoms with E-state index in [1.165, 1.54) is 20.2 Å². The number of hydrogen-bond acceptors (Lipinski definition) is 2. The Morgan fingerprint density at radius 1 is 1.57 bits per heavy atom. The largest absolute Gasteiger partial charge is 0.495 e. The summed E-state index contributed by atoms with van der Waals surface area (Å²) in [7, 11) is 2.95. The quantitative estimate of drug-likeness (QED) is 0.825. The zero-order valence-electron chi connectivity index (χ0n) is 7.82. The first-order valence-electron chi connectivity index (χ1n) is 3.86. The van der Waals surface area contributed by atoms with E-state index >= 15 is 0 Å². The monoisotopic (exact) mass is 215 g/mol. The van der Waals surface area contributed by atoms with Crippen molar-refractivity contribution in [2.24, 2.45) is 0 Å². The van der Waals surface area contributed by atoms with Crippen LogP contribution < -0.4 is 9.64 Å². The van der Waals surface area contributed by atoms with E-state index in [1.54, 1.807) is 12.1 Å². The molecule has 0 unspecified atom stereocenters. The maximum atomic E-state index is 10.6. The van der Waals surface area contributed by atoms with Crippen LogP contribution in [-0.4, -0.2) is 25.4 Å². The molecule has 0 bridgehead atoms. The van der Waals surface area contributed by atoms with Crippen LogP contribution in [0.4, 0.5) is 10.5 Å². The number of carboxylic acid groups (broad SMARTS) is 1. The highest BCUT2D eigenvalue weighted by atomic mass is 35.5. The summed E-state index contributed by atoms with van der Waals surface area (Å²) in [6.07, 6.45) is -1.04. The number of rotatable bonds is 2. The molecular weight excluding hydrogens is 206 g/mol. The van der Waals surface area contributed by atoms with Crippen LogP contribution in [0.25, 0.3) is 0 Å². The number of halogens is 1. The van der Waals surface area contributed by atoms with E-state index < -0.39 is 6.09 Å². The predicted octanol–water partition coefficient (Wildman–Crippen LogP) is 2.46. The third kappa shape index (κ3) is 2.09. The van der Waals surface area contributed by atoms with Gasteiger partial charge in [-0.2, -0.15) is 0 Å². The van der Waals surface area contributed by atoms with Crippen molar-refractivity contribution in [1.82, 2.24) is 0 Å². The van der Waals surface area contributed by atoms with Crippen LogP contribution in [0.2, 0.25) is 5.02 Å². The second-order valence-corrected chi connectivity index (χ2v) is 3.07. The van der Waals surface area contributed by atoms with Crippen molar-refractivity contribution in [3.05, 3.63) is 23.2 Å². The lowest BCUT2D eigenvalue weighted by Crippen LogP contribution is -2.23. The molecule has 0 radical (unpaired) electrons. The van der Waals surface area contributed by atoms with Crippen molar-refractivity contribution in [1.29, 1.82) is 0 Å². The number of methoxy groups -OCH3 is 1. The molecule has 4 nitrogen and oxygen atoms in total. The van der Waals surface area contributed by atoms with Gasteiger partial charge < -0.3 is 9.84 Å². The van der Waals surface area contributed by atoms with Gasteiger partial charge in [-0.25, -0.2) is 4.79 Å². The highest BCUT2D eigenvalue weighted by Gasteiger charge is 2.10. The van der Waals surface area contributed by atoms with Crippen molar-refractivity contribution >= 4 is 23.4 Å². The van der Waals surface area contributed by atoms with Crippen LogP contribution in [-0.2, 0) is 0 Å². The Balaban J connectivity index is 3.02. The summed E-state index contributed by atoms with van der Waals surface area (Å²) in [5.41, 5.74) is 0.503. The predicted molar refractivity (Wildman–Crippen MR) is 54.4 cm³/mol. The van der Waals surface area contributed by atoms with Gasteiger partial charge in [0.1, 0.15) is 5.75 Å². The number of nitrogens with zero attached hydrogens (tertiary/aromatic N) is 1. The Kier molecular flexibility index (Phi) is 3.19. The van der Waals surface area contributed by atoms with Crippen LogP contribution in [0, 0.1) is 0 Å². The molecule has 1 rings (SSSR count). The molecule has 76 valence electrons. The van der Waals surface area contributed by atoms with Gasteiger partial charge in [0.15, 0.2) is 0 Å². The van der Waals surface area contributed by atoms with E-state index in [4.69, 9.17) is 21.4 Å². The summed E-state index contributed by atoms with van der Waals surface area (Å²) < 4.78 is 4.94. The second kappa shape index (κ2) is 4.19. The van der Waals surface area contributed by atoms with E-state index in [0.29, 0.717) is 16.5 Å². The van der Waals surface area contributed by atoms with Gasteiger partial charge in [0.25, 0.3) is 0 Å². The van der Waals surface area contributed by atoms with E-state index in [1.807, 2.05) is 0 Å². The summed E-state index contributed by atoms with van der Waals surface area (Å²) in [4.78, 5) is 11.7. The molecule has 0 spiro atoms. The first kappa shape index (κ1) is 10.7. The molecule has 0 atom stereocenters. The van der Waals surface area contributed by atoms with Crippen LogP contribution in [0.15, 0.2) is 18.2 Å². The molecule has 0 aliphatic heterocycles. The first-order valence-corrected chi connectivity index (χ1v) is 4.24. The molecule has 0 saturated carbocycles. The summed E-state index contributed by atoms with van der Waals surface area (Å²) in [5.74, 6) is 0.522. The maximum Gasteiger partial charge on any atom is 0.411 e. The van der Waals surface area contributed by atoms with Crippen molar-refractivity contribution in [2.45, 2.75) is 0 Å². The van der Waals surface area contributed by atoms with Crippen molar-refractivity contribution in [3.63, 3.8) is 0 Å². The third-order valence-electron chi connectivity index (χ3n) is 1.81. The highest BCUT2D eigenvalue weighted by Crippen LogP contribution is 2.28. The summed E-state index contributed by atoms with van der Waals surface area (Å²) >= 11 is 5.83. The van der Waals surface area contributed by atoms with Gasteiger partial charge >= 0.3 is 6.09 Å². The second-order valence-electron chi connectivity index (χ2n) is 2.66. The highest BCUT2D eigenvalue weighted by molar-refractivity contribution is 6.32. The molecule has 1 aromatic carbocycles. The summed E-state index contributed by atoms with van der Waals surface area (Å²) in [6, 6.07) is 4.78. The average Bonchev–Trinajstić information content (AvgIpc) is 2.16. The molecule has 0 saturated heterocycles. The van der Waals surface area contributed by atoms with Crippen LogP contribution in [0.5, 0.6) is 5.75 Å². The molecule has 0 aliphatic carbocycles. The number of ether oxygens (including phenoxy) is 1. The van der Waals surface area contributed by atoms with Gasteiger partial charge in [-0.3, -0.25) is 4.90 Å². The fourth-order valence-corrected chi connectivity index (χ4v) is 1.23. The average molecular weight is 216 g/mol. The number of carbonyl (C=O) groups is 1. The normalized spacial score (nSPS) is 9.64. The molecule has 14 heavy (non-hydrogen) atoms. The molecule has 5 heteroatoms. The van der Waals surface area contributed by atoms with E-state index in [0.717, 1.165) is 4.90 Å². The minimum absolute atomic E-state index is 0.387. The Hall–Kier alpha value is -1.42. The van der Waals surface area contributed by atoms with E-state index in [9.17, 15) is 4.79 Å². The van der Waals surface area contributed by atoms with Crippen molar-refractivity contribution in [2.75, 3.05) is 19.1 Å². The van der Waals surface area contributed by atoms with Gasteiger partial charge in [-0.15, -0.1) is 0 Å². The SMILES string of the molecule is COc1ccc(N(C)C(=O)O)cc1Cl. The number of hydrogen-bond donors (Lipinski definition) is 1. The Morgan fingerprint density at radius 3 is 2.64 bits per heavy atom. The number of benzene rings is 1. The lowest BCUT2D eigenvalue weighted by atomic mass is 10.3. The molecule has 0 aliphatic rings. The van der Waals surface area contributed by atoms with Gasteiger partial charge in [0.2, 0.25) is 0 Å². The standard InChI is InChI=1S/C9H10ClNO3/c1-11(9(12)13)6-3-4-8(14-2)7(10)5-6/h3-5H,1-2H3,(H,12,13). The van der Waals surface area contributed by atoms with E-state index in [2.05, 4.69) is 0 Å². The number of amides is 1. The number of anilines is 1. The smallest absolute Gasteiger partial charge is 0.411 e. The Labute approximate surface area is 86.7 Å². The third-order valence-corrected chi connectivity index (χ3v) is 2.10. The van der Waals surface area contributed by atoms with Crippen molar-refractivity contribution < 1.29 is 14.6 Å². The van der Waals surface area contributed by atoms with Gasteiger partial charge in [0, 0.05) is 12.7 Å². The fraction of sp³-hybridized carbons (Fsp3) is 0.222. The zero-order chi connectivity index (χ0) is 10.7. The summed E-state index contributed by atoms with van der Waals surface area (Å²) in [6.45, 7) is 0. The minimum atomic E-state index is -1.04. The Morgan fingerprint density at radius 2 is 2.21 bits per heavy atom. The van der Waals surface area contributed by atoms with Gasteiger partial charge in [-0.05, 0) is 18.2 Å².